The van der Waals surface area contributed by atoms with E-state index in [1.54, 1.807) is 19.2 Å². The van der Waals surface area contributed by atoms with Crippen LogP contribution in [0, 0.1) is 13.8 Å². The van der Waals surface area contributed by atoms with Gasteiger partial charge in [-0.1, -0.05) is 12.1 Å². The SMILES string of the molecule is COc1ccc(CN2CCN(CC(=O)c3cc(C)n(-c4ccc(S(N)(=O)=O)cc4)c3C)CC2)cc1. The van der Waals surface area contributed by atoms with Gasteiger partial charge >= 0.3 is 0 Å². The van der Waals surface area contributed by atoms with Crippen molar-refractivity contribution in [3.63, 3.8) is 0 Å². The Kier molecular flexibility index (Phi) is 7.42. The van der Waals surface area contributed by atoms with Crippen LogP contribution in [0.25, 0.3) is 5.69 Å². The average molecular weight is 497 g/mol. The molecule has 0 amide bonds. The molecule has 1 aliphatic rings. The summed E-state index contributed by atoms with van der Waals surface area (Å²) in [7, 11) is -2.08. The molecule has 2 heterocycles. The third kappa shape index (κ3) is 5.82. The second kappa shape index (κ2) is 10.3. The molecule has 0 aliphatic carbocycles. The van der Waals surface area contributed by atoms with Crippen molar-refractivity contribution < 1.29 is 17.9 Å². The third-order valence-corrected chi connectivity index (χ3v) is 7.48. The summed E-state index contributed by atoms with van der Waals surface area (Å²) in [6.07, 6.45) is 0. The summed E-state index contributed by atoms with van der Waals surface area (Å²) in [6, 6.07) is 16.4. The Morgan fingerprint density at radius 2 is 1.54 bits per heavy atom. The van der Waals surface area contributed by atoms with E-state index in [0.717, 1.165) is 55.5 Å². The highest BCUT2D eigenvalue weighted by Gasteiger charge is 2.23. The molecule has 1 aromatic heterocycles. The largest absolute Gasteiger partial charge is 0.497 e. The van der Waals surface area contributed by atoms with Gasteiger partial charge in [-0.25, -0.2) is 13.6 Å². The van der Waals surface area contributed by atoms with Gasteiger partial charge in [-0.15, -0.1) is 0 Å². The maximum absolute atomic E-state index is 13.2. The van der Waals surface area contributed by atoms with Crippen LogP contribution in [0.15, 0.2) is 59.5 Å². The van der Waals surface area contributed by atoms with Crippen LogP contribution in [-0.2, 0) is 16.6 Å². The van der Waals surface area contributed by atoms with Gasteiger partial charge in [0, 0.05) is 55.4 Å². The van der Waals surface area contributed by atoms with Gasteiger partial charge in [0.05, 0.1) is 18.6 Å². The number of aromatic nitrogens is 1. The lowest BCUT2D eigenvalue weighted by molar-refractivity contribution is 0.0843. The zero-order chi connectivity index (χ0) is 25.2. The van der Waals surface area contributed by atoms with Crippen molar-refractivity contribution in [3.8, 4) is 11.4 Å². The number of ether oxygens (including phenoxy) is 1. The van der Waals surface area contributed by atoms with Crippen molar-refractivity contribution >= 4 is 15.8 Å². The second-order valence-corrected chi connectivity index (χ2v) is 10.5. The van der Waals surface area contributed by atoms with E-state index in [0.29, 0.717) is 12.1 Å². The minimum atomic E-state index is -3.75. The minimum absolute atomic E-state index is 0.0612. The molecule has 4 rings (SSSR count). The van der Waals surface area contributed by atoms with Crippen LogP contribution in [0.2, 0.25) is 0 Å². The van der Waals surface area contributed by atoms with E-state index >= 15 is 0 Å². The number of carbonyl (C=O) groups excluding carboxylic acids is 1. The molecule has 9 heteroatoms. The number of methoxy groups -OCH3 is 1. The Morgan fingerprint density at radius 1 is 0.943 bits per heavy atom. The molecule has 0 spiro atoms. The molecule has 0 unspecified atom stereocenters. The molecule has 1 saturated heterocycles. The lowest BCUT2D eigenvalue weighted by Gasteiger charge is -2.34. The maximum atomic E-state index is 13.2. The van der Waals surface area contributed by atoms with Crippen LogP contribution in [0.5, 0.6) is 5.75 Å². The highest BCUT2D eigenvalue weighted by atomic mass is 32.2. The van der Waals surface area contributed by atoms with E-state index in [9.17, 15) is 13.2 Å². The Bertz CT molecular complexity index is 1290. The van der Waals surface area contributed by atoms with Gasteiger partial charge in [-0.2, -0.15) is 0 Å². The number of nitrogens with two attached hydrogens (primary N) is 1. The number of aryl methyl sites for hydroxylation is 1. The Hall–Kier alpha value is -2.98. The molecule has 186 valence electrons. The molecule has 3 aromatic rings. The number of hydrogen-bond acceptors (Lipinski definition) is 6. The molecular weight excluding hydrogens is 464 g/mol. The molecule has 1 fully saturated rings. The number of hydrogen-bond donors (Lipinski definition) is 1. The monoisotopic (exact) mass is 496 g/mol. The van der Waals surface area contributed by atoms with Crippen LogP contribution in [0.3, 0.4) is 0 Å². The number of nitrogens with zero attached hydrogens (tertiary/aromatic N) is 3. The summed E-state index contributed by atoms with van der Waals surface area (Å²) in [5.74, 6) is 0.950. The molecule has 2 aromatic carbocycles. The number of primary sulfonamides is 1. The topological polar surface area (TPSA) is 97.9 Å². The lowest BCUT2D eigenvalue weighted by atomic mass is 10.1. The highest BCUT2D eigenvalue weighted by Crippen LogP contribution is 2.23. The summed E-state index contributed by atoms with van der Waals surface area (Å²) < 4.78 is 30.3. The minimum Gasteiger partial charge on any atom is -0.497 e. The first kappa shape index (κ1) is 25.1. The normalized spacial score (nSPS) is 15.3. The molecular formula is C26H32N4O4S. The van der Waals surface area contributed by atoms with Crippen molar-refractivity contribution in [1.82, 2.24) is 14.4 Å². The van der Waals surface area contributed by atoms with Crippen molar-refractivity contribution in [3.05, 3.63) is 77.1 Å². The molecule has 8 nitrogen and oxygen atoms in total. The predicted octanol–water partition coefficient (Wildman–Crippen LogP) is 2.75. The highest BCUT2D eigenvalue weighted by molar-refractivity contribution is 7.89. The number of carbonyl (C=O) groups is 1. The molecule has 35 heavy (non-hydrogen) atoms. The van der Waals surface area contributed by atoms with E-state index in [2.05, 4.69) is 21.9 Å². The molecule has 2 N–H and O–H groups in total. The molecule has 0 atom stereocenters. The van der Waals surface area contributed by atoms with E-state index < -0.39 is 10.0 Å². The fourth-order valence-electron chi connectivity index (χ4n) is 4.61. The maximum Gasteiger partial charge on any atom is 0.238 e. The number of Topliss-reactive ketones (excluding diaryl/α,β-unsaturated/α-hetero) is 1. The molecule has 1 aliphatic heterocycles. The number of rotatable bonds is 8. The molecule has 0 bridgehead atoms. The summed E-state index contributed by atoms with van der Waals surface area (Å²) in [4.78, 5) is 17.8. The van der Waals surface area contributed by atoms with Crippen molar-refractivity contribution in [2.75, 3.05) is 39.8 Å². The number of piperazine rings is 1. The van der Waals surface area contributed by atoms with Gasteiger partial charge < -0.3 is 9.30 Å². The van der Waals surface area contributed by atoms with Crippen LogP contribution >= 0.6 is 0 Å². The van der Waals surface area contributed by atoms with Crippen LogP contribution in [0.1, 0.15) is 27.3 Å². The summed E-state index contributed by atoms with van der Waals surface area (Å²) in [6.45, 7) is 8.63. The fourth-order valence-corrected chi connectivity index (χ4v) is 5.13. The standard InChI is InChI=1S/C26H32N4O4S/c1-19-16-25(20(2)30(19)22-6-10-24(11-7-22)35(27,32)33)26(31)18-29-14-12-28(13-15-29)17-21-4-8-23(34-3)9-5-21/h4-11,16H,12-15,17-18H2,1-3H3,(H2,27,32,33). The second-order valence-electron chi connectivity index (χ2n) is 8.98. The van der Waals surface area contributed by atoms with Gasteiger partial charge in [0.2, 0.25) is 10.0 Å². The molecule has 0 saturated carbocycles. The Morgan fingerprint density at radius 3 is 2.11 bits per heavy atom. The van der Waals surface area contributed by atoms with Crippen molar-refractivity contribution in [1.29, 1.82) is 0 Å². The first-order chi connectivity index (χ1) is 16.7. The van der Waals surface area contributed by atoms with Gasteiger partial charge in [0.1, 0.15) is 5.75 Å². The first-order valence-corrected chi connectivity index (χ1v) is 13.1. The van der Waals surface area contributed by atoms with E-state index in [4.69, 9.17) is 9.88 Å². The Labute approximate surface area is 207 Å². The summed E-state index contributed by atoms with van der Waals surface area (Å²) in [5, 5.41) is 5.20. The van der Waals surface area contributed by atoms with Crippen LogP contribution < -0.4 is 9.88 Å². The van der Waals surface area contributed by atoms with Crippen LogP contribution in [-0.4, -0.2) is 68.4 Å². The fraction of sp³-hybridized carbons (Fsp3) is 0.346. The van der Waals surface area contributed by atoms with Crippen molar-refractivity contribution in [2.24, 2.45) is 5.14 Å². The van der Waals surface area contributed by atoms with Gasteiger partial charge in [0.25, 0.3) is 0 Å². The van der Waals surface area contributed by atoms with E-state index in [-0.39, 0.29) is 10.7 Å². The molecule has 0 radical (unpaired) electrons. The number of benzene rings is 2. The van der Waals surface area contributed by atoms with Gasteiger partial charge in [-0.05, 0) is 61.9 Å². The first-order valence-electron chi connectivity index (χ1n) is 11.6. The smallest absolute Gasteiger partial charge is 0.238 e. The van der Waals surface area contributed by atoms with Gasteiger partial charge in [0.15, 0.2) is 5.78 Å². The van der Waals surface area contributed by atoms with E-state index in [1.165, 1.54) is 17.7 Å². The quantitative estimate of drug-likeness (QED) is 0.482. The van der Waals surface area contributed by atoms with E-state index in [1.807, 2.05) is 36.6 Å². The van der Waals surface area contributed by atoms with Crippen LogP contribution in [0.4, 0.5) is 0 Å². The summed E-state index contributed by atoms with van der Waals surface area (Å²) >= 11 is 0. The number of sulfonamides is 1. The zero-order valence-electron chi connectivity index (χ0n) is 20.4. The lowest BCUT2D eigenvalue weighted by Crippen LogP contribution is -2.47. The van der Waals surface area contributed by atoms with Gasteiger partial charge in [-0.3, -0.25) is 14.6 Å². The third-order valence-electron chi connectivity index (χ3n) is 6.55. The predicted molar refractivity (Wildman–Crippen MR) is 136 cm³/mol. The zero-order valence-corrected chi connectivity index (χ0v) is 21.2. The average Bonchev–Trinajstić information content (AvgIpc) is 3.14. The Balaban J connectivity index is 1.37. The van der Waals surface area contributed by atoms with Crippen molar-refractivity contribution in [2.45, 2.75) is 25.3 Å². The summed E-state index contributed by atoms with van der Waals surface area (Å²) in [5.41, 5.74) is 4.49. The number of ketones is 1.